The summed E-state index contributed by atoms with van der Waals surface area (Å²) in [5.41, 5.74) is 3.07. The number of H-pyrrole nitrogens is 1. The third-order valence-electron chi connectivity index (χ3n) is 5.78. The average Bonchev–Trinajstić information content (AvgIpc) is 3.32. The monoisotopic (exact) mass is 474 g/mol. The Balaban J connectivity index is 1.58. The van der Waals surface area contributed by atoms with E-state index in [9.17, 15) is 9.59 Å². The van der Waals surface area contributed by atoms with E-state index < -0.39 is 0 Å². The largest absolute Gasteiger partial charge is 0.309 e. The van der Waals surface area contributed by atoms with Gasteiger partial charge in [0.1, 0.15) is 10.5 Å². The van der Waals surface area contributed by atoms with Gasteiger partial charge >= 0.3 is 0 Å². The van der Waals surface area contributed by atoms with Gasteiger partial charge in [-0.2, -0.15) is 0 Å². The van der Waals surface area contributed by atoms with E-state index in [2.05, 4.69) is 35.9 Å². The Labute approximate surface area is 198 Å². The van der Waals surface area contributed by atoms with Crippen molar-refractivity contribution in [2.75, 3.05) is 0 Å². The lowest BCUT2D eigenvalue weighted by Crippen LogP contribution is -2.22. The highest BCUT2D eigenvalue weighted by Crippen LogP contribution is 2.26. The molecule has 0 bridgehead atoms. The second kappa shape index (κ2) is 8.96. The molecule has 1 N–H and O–H groups in total. The van der Waals surface area contributed by atoms with Gasteiger partial charge in [-0.3, -0.25) is 14.2 Å². The summed E-state index contributed by atoms with van der Waals surface area (Å²) in [5, 5.41) is 2.98. The number of nitrogens with one attached hydrogen (secondary N) is 1. The van der Waals surface area contributed by atoms with Crippen LogP contribution in [-0.4, -0.2) is 19.5 Å². The fraction of sp³-hybridized carbons (Fsp3) is 0.200. The molecule has 0 saturated carbocycles. The van der Waals surface area contributed by atoms with Gasteiger partial charge in [-0.1, -0.05) is 49.9 Å². The number of rotatable bonds is 6. The molecule has 3 heterocycles. The number of benzene rings is 2. The summed E-state index contributed by atoms with van der Waals surface area (Å²) in [7, 11) is 0. The van der Waals surface area contributed by atoms with Crippen LogP contribution in [-0.2, 0) is 5.75 Å². The van der Waals surface area contributed by atoms with Crippen LogP contribution in [0.4, 0.5) is 0 Å². The molecule has 3 aromatic heterocycles. The number of hydrogen-bond donors (Lipinski definition) is 1. The number of thioether (sulfide) groups is 1. The number of fused-ring (bicyclic) bond motifs is 2. The zero-order valence-electron chi connectivity index (χ0n) is 18.2. The third-order valence-corrected chi connectivity index (χ3v) is 7.63. The van der Waals surface area contributed by atoms with E-state index in [1.54, 1.807) is 10.6 Å². The number of para-hydroxylation sites is 1. The summed E-state index contributed by atoms with van der Waals surface area (Å²) in [6.07, 6.45) is 1.05. The van der Waals surface area contributed by atoms with Crippen LogP contribution in [0, 0.1) is 0 Å². The molecule has 0 saturated heterocycles. The van der Waals surface area contributed by atoms with Gasteiger partial charge in [0.2, 0.25) is 0 Å². The van der Waals surface area contributed by atoms with Crippen molar-refractivity contribution in [1.29, 1.82) is 0 Å². The molecule has 33 heavy (non-hydrogen) atoms. The summed E-state index contributed by atoms with van der Waals surface area (Å²) in [6.45, 7) is 4.36. The molecule has 2 aromatic carbocycles. The highest BCUT2D eigenvalue weighted by molar-refractivity contribution is 7.98. The Morgan fingerprint density at radius 2 is 1.82 bits per heavy atom. The smallest absolute Gasteiger partial charge is 0.268 e. The number of aromatic nitrogens is 4. The van der Waals surface area contributed by atoms with Crippen molar-refractivity contribution >= 4 is 44.2 Å². The van der Waals surface area contributed by atoms with Crippen LogP contribution in [0.2, 0.25) is 0 Å². The highest BCUT2D eigenvalue weighted by atomic mass is 32.2. The van der Waals surface area contributed by atoms with Crippen LogP contribution in [0.3, 0.4) is 0 Å². The maximum atomic E-state index is 13.5. The number of nitrogens with zero attached hydrogens (tertiary/aromatic N) is 3. The Hall–Kier alpha value is -3.23. The summed E-state index contributed by atoms with van der Waals surface area (Å²) < 4.78 is 2.26. The maximum Gasteiger partial charge on any atom is 0.268 e. The first-order valence-electron chi connectivity index (χ1n) is 10.8. The molecule has 0 spiro atoms. The van der Waals surface area contributed by atoms with Crippen LogP contribution in [0.25, 0.3) is 26.8 Å². The van der Waals surface area contributed by atoms with Crippen molar-refractivity contribution in [3.05, 3.63) is 92.1 Å². The van der Waals surface area contributed by atoms with Crippen LogP contribution < -0.4 is 11.1 Å². The third kappa shape index (κ3) is 4.12. The van der Waals surface area contributed by atoms with Gasteiger partial charge in [-0.15, -0.1) is 11.3 Å². The van der Waals surface area contributed by atoms with Gasteiger partial charge in [-0.05, 0) is 53.6 Å². The van der Waals surface area contributed by atoms with E-state index in [4.69, 9.17) is 4.98 Å². The molecule has 1 unspecified atom stereocenters. The van der Waals surface area contributed by atoms with Gasteiger partial charge in [0.15, 0.2) is 5.16 Å². The summed E-state index contributed by atoms with van der Waals surface area (Å²) in [6, 6.07) is 17.3. The minimum atomic E-state index is -0.143. The molecule has 0 radical (unpaired) electrons. The molecule has 0 aliphatic carbocycles. The van der Waals surface area contributed by atoms with Crippen LogP contribution in [0.15, 0.2) is 74.7 Å². The Morgan fingerprint density at radius 3 is 2.61 bits per heavy atom. The standard InChI is InChI=1S/C25H22N4O2S2/c1-3-15(2)16-8-10-17(11-9-16)29-24(31)18-6-4-5-7-19(18)27-25(29)33-14-21-26-20-12-13-32-22(20)23(30)28-21/h4-13,15H,3,14H2,1-2H3,(H,26,28,30). The van der Waals surface area contributed by atoms with E-state index in [0.29, 0.717) is 43.8 Å². The van der Waals surface area contributed by atoms with Crippen molar-refractivity contribution in [3.8, 4) is 5.69 Å². The minimum absolute atomic E-state index is 0.117. The SMILES string of the molecule is CCC(C)c1ccc(-n2c(SCc3nc4ccsc4c(=O)[nH]3)nc3ccccc3c2=O)cc1. The predicted octanol–water partition coefficient (Wildman–Crippen LogP) is 5.49. The van der Waals surface area contributed by atoms with Gasteiger partial charge in [-0.25, -0.2) is 9.97 Å². The fourth-order valence-corrected chi connectivity index (χ4v) is 5.36. The zero-order chi connectivity index (χ0) is 22.9. The predicted molar refractivity (Wildman–Crippen MR) is 136 cm³/mol. The normalized spacial score (nSPS) is 12.4. The van der Waals surface area contributed by atoms with E-state index in [0.717, 1.165) is 12.1 Å². The van der Waals surface area contributed by atoms with Crippen molar-refractivity contribution < 1.29 is 0 Å². The average molecular weight is 475 g/mol. The molecule has 5 rings (SSSR count). The van der Waals surface area contributed by atoms with Gasteiger partial charge in [0, 0.05) is 0 Å². The molecule has 5 aromatic rings. The zero-order valence-corrected chi connectivity index (χ0v) is 19.9. The fourth-order valence-electron chi connectivity index (χ4n) is 3.75. The molecule has 6 nitrogen and oxygen atoms in total. The lowest BCUT2D eigenvalue weighted by molar-refractivity contribution is 0.732. The molecule has 166 valence electrons. The Morgan fingerprint density at radius 1 is 1.03 bits per heavy atom. The van der Waals surface area contributed by atoms with Crippen molar-refractivity contribution in [1.82, 2.24) is 19.5 Å². The first-order valence-corrected chi connectivity index (χ1v) is 12.6. The van der Waals surface area contributed by atoms with Crippen molar-refractivity contribution in [2.45, 2.75) is 37.1 Å². The lowest BCUT2D eigenvalue weighted by atomic mass is 9.98. The van der Waals surface area contributed by atoms with E-state index >= 15 is 0 Å². The second-order valence-electron chi connectivity index (χ2n) is 7.89. The summed E-state index contributed by atoms with van der Waals surface area (Å²) in [4.78, 5) is 38.0. The van der Waals surface area contributed by atoms with Gasteiger partial charge < -0.3 is 4.98 Å². The number of aromatic amines is 1. The minimum Gasteiger partial charge on any atom is -0.309 e. The first-order chi connectivity index (χ1) is 16.0. The number of hydrogen-bond acceptors (Lipinski definition) is 6. The van der Waals surface area contributed by atoms with Crippen molar-refractivity contribution in [2.24, 2.45) is 0 Å². The molecule has 0 aliphatic heterocycles. The summed E-state index contributed by atoms with van der Waals surface area (Å²) in [5.74, 6) is 1.39. The maximum absolute atomic E-state index is 13.5. The first kappa shape index (κ1) is 21.6. The molecular formula is C25H22N4O2S2. The lowest BCUT2D eigenvalue weighted by Gasteiger charge is -2.15. The Bertz CT molecular complexity index is 1570. The molecule has 8 heteroatoms. The quantitative estimate of drug-likeness (QED) is 0.260. The summed E-state index contributed by atoms with van der Waals surface area (Å²) >= 11 is 2.76. The second-order valence-corrected chi connectivity index (χ2v) is 9.75. The van der Waals surface area contributed by atoms with Gasteiger partial charge in [0.05, 0.1) is 27.9 Å². The van der Waals surface area contributed by atoms with Crippen molar-refractivity contribution in [3.63, 3.8) is 0 Å². The van der Waals surface area contributed by atoms with Crippen LogP contribution >= 0.6 is 23.1 Å². The van der Waals surface area contributed by atoms with E-state index in [1.165, 1.54) is 28.7 Å². The molecule has 0 amide bonds. The van der Waals surface area contributed by atoms with E-state index in [-0.39, 0.29) is 11.1 Å². The van der Waals surface area contributed by atoms with Crippen LogP contribution in [0.1, 0.15) is 37.6 Å². The van der Waals surface area contributed by atoms with Gasteiger partial charge in [0.25, 0.3) is 11.1 Å². The molecule has 0 fully saturated rings. The highest BCUT2D eigenvalue weighted by Gasteiger charge is 2.15. The molecule has 0 aliphatic rings. The Kier molecular flexibility index (Phi) is 5.86. The molecule has 1 atom stereocenters. The molecular weight excluding hydrogens is 452 g/mol. The van der Waals surface area contributed by atoms with Crippen LogP contribution in [0.5, 0.6) is 0 Å². The topological polar surface area (TPSA) is 80.6 Å². The van der Waals surface area contributed by atoms with E-state index in [1.807, 2.05) is 41.8 Å². The number of thiophene rings is 1.